The van der Waals surface area contributed by atoms with Gasteiger partial charge in [0.1, 0.15) is 11.0 Å². The van der Waals surface area contributed by atoms with Gasteiger partial charge in [-0.25, -0.2) is 13.2 Å². The van der Waals surface area contributed by atoms with Gasteiger partial charge in [-0.3, -0.25) is 0 Å². The van der Waals surface area contributed by atoms with E-state index in [0.717, 1.165) is 25.7 Å². The van der Waals surface area contributed by atoms with E-state index in [1.165, 1.54) is 12.7 Å². The predicted molar refractivity (Wildman–Crippen MR) is 98.5 cm³/mol. The number of nitrogens with one attached hydrogen (secondary N) is 2. The Morgan fingerprint density at radius 1 is 1.08 bits per heavy atom. The molecule has 6 nitrogen and oxygen atoms in total. The van der Waals surface area contributed by atoms with Crippen LogP contribution in [0, 0.1) is 0 Å². The topological polar surface area (TPSA) is 88.4 Å². The highest BCUT2D eigenvalue weighted by Gasteiger charge is 2.32. The molecular weight excluding hydrogens is 352 g/mol. The fraction of sp³-hybridized carbons (Fsp3) is 0.421. The smallest absolute Gasteiger partial charge is 0.315 e. The first kappa shape index (κ1) is 18.5. The second kappa shape index (κ2) is 8.40. The molecule has 1 unspecified atom stereocenters. The molecule has 1 heterocycles. The summed E-state index contributed by atoms with van der Waals surface area (Å²) < 4.78 is 31.3. The molecule has 0 bridgehead atoms. The summed E-state index contributed by atoms with van der Waals surface area (Å²) in [5.74, 6) is 0.312. The Morgan fingerprint density at radius 3 is 2.46 bits per heavy atom. The molecule has 2 aromatic rings. The summed E-state index contributed by atoms with van der Waals surface area (Å²) >= 11 is 0. The lowest BCUT2D eigenvalue weighted by Crippen LogP contribution is -2.44. The highest BCUT2D eigenvalue weighted by atomic mass is 32.2. The lowest BCUT2D eigenvalue weighted by molar-refractivity contribution is 0.232. The van der Waals surface area contributed by atoms with Gasteiger partial charge < -0.3 is 15.1 Å². The zero-order chi connectivity index (χ0) is 18.4. The van der Waals surface area contributed by atoms with Crippen molar-refractivity contribution in [1.82, 2.24) is 10.6 Å². The van der Waals surface area contributed by atoms with E-state index in [9.17, 15) is 13.2 Å². The maximum absolute atomic E-state index is 13.0. The number of amides is 2. The molecule has 140 valence electrons. The van der Waals surface area contributed by atoms with Crippen molar-refractivity contribution in [3.63, 3.8) is 0 Å². The molecule has 1 saturated carbocycles. The van der Waals surface area contributed by atoms with Crippen molar-refractivity contribution in [2.45, 2.75) is 48.3 Å². The maximum Gasteiger partial charge on any atom is 0.315 e. The van der Waals surface area contributed by atoms with Gasteiger partial charge in [0.05, 0.1) is 11.2 Å². The van der Waals surface area contributed by atoms with Crippen molar-refractivity contribution in [3.05, 3.63) is 54.5 Å². The van der Waals surface area contributed by atoms with Gasteiger partial charge in [0.15, 0.2) is 9.84 Å². The van der Waals surface area contributed by atoms with Crippen LogP contribution in [0.25, 0.3) is 0 Å². The van der Waals surface area contributed by atoms with E-state index in [-0.39, 0.29) is 23.5 Å². The minimum Gasteiger partial charge on any atom is -0.468 e. The minimum atomic E-state index is -3.69. The third-order valence-electron chi connectivity index (χ3n) is 4.70. The highest BCUT2D eigenvalue weighted by Crippen LogP contribution is 2.28. The predicted octanol–water partition coefficient (Wildman–Crippen LogP) is 3.43. The van der Waals surface area contributed by atoms with Crippen LogP contribution < -0.4 is 10.6 Å². The summed E-state index contributed by atoms with van der Waals surface area (Å²) in [7, 11) is -3.69. The van der Waals surface area contributed by atoms with Gasteiger partial charge in [-0.15, -0.1) is 0 Å². The number of rotatable bonds is 6. The summed E-state index contributed by atoms with van der Waals surface area (Å²) in [4.78, 5) is 12.4. The monoisotopic (exact) mass is 376 g/mol. The number of furan rings is 1. The molecule has 1 aliphatic rings. The van der Waals surface area contributed by atoms with Gasteiger partial charge in [0.25, 0.3) is 0 Å². The van der Waals surface area contributed by atoms with Crippen LogP contribution in [-0.2, 0) is 9.84 Å². The third-order valence-corrected chi connectivity index (χ3v) is 6.77. The van der Waals surface area contributed by atoms with Crippen LogP contribution in [-0.4, -0.2) is 27.0 Å². The van der Waals surface area contributed by atoms with E-state index >= 15 is 0 Å². The van der Waals surface area contributed by atoms with Crippen molar-refractivity contribution in [2.75, 3.05) is 6.54 Å². The number of carbonyl (C=O) groups is 1. The van der Waals surface area contributed by atoms with Gasteiger partial charge in [-0.1, -0.05) is 37.5 Å². The van der Waals surface area contributed by atoms with E-state index in [0.29, 0.717) is 5.76 Å². The number of benzene rings is 1. The van der Waals surface area contributed by atoms with Crippen LogP contribution >= 0.6 is 0 Å². The summed E-state index contributed by atoms with van der Waals surface area (Å²) in [5.41, 5.74) is 0. The zero-order valence-electron chi connectivity index (χ0n) is 14.6. The Labute approximate surface area is 153 Å². The normalized spacial score (nSPS) is 16.8. The molecule has 1 aromatic heterocycles. The average molecular weight is 376 g/mol. The molecule has 1 aromatic carbocycles. The summed E-state index contributed by atoms with van der Waals surface area (Å²) in [5, 5.41) is 4.67. The average Bonchev–Trinajstić information content (AvgIpc) is 3.17. The molecule has 2 N–H and O–H groups in total. The number of urea groups is 1. The summed E-state index contributed by atoms with van der Waals surface area (Å²) in [6.45, 7) is -0.0523. The quantitative estimate of drug-likeness (QED) is 0.808. The van der Waals surface area contributed by atoms with Gasteiger partial charge in [-0.05, 0) is 37.1 Å². The van der Waals surface area contributed by atoms with Crippen LogP contribution in [0.15, 0.2) is 58.0 Å². The zero-order valence-corrected chi connectivity index (χ0v) is 15.4. The first-order valence-electron chi connectivity index (χ1n) is 8.94. The van der Waals surface area contributed by atoms with E-state index in [4.69, 9.17) is 4.42 Å². The number of hydrogen-bond acceptors (Lipinski definition) is 4. The first-order valence-corrected chi connectivity index (χ1v) is 10.5. The van der Waals surface area contributed by atoms with E-state index in [2.05, 4.69) is 10.6 Å². The van der Waals surface area contributed by atoms with E-state index < -0.39 is 15.1 Å². The van der Waals surface area contributed by atoms with Crippen LogP contribution in [0.5, 0.6) is 0 Å². The molecule has 0 spiro atoms. The van der Waals surface area contributed by atoms with Gasteiger partial charge >= 0.3 is 6.03 Å². The van der Waals surface area contributed by atoms with Crippen molar-refractivity contribution in [2.24, 2.45) is 0 Å². The van der Waals surface area contributed by atoms with E-state index in [1.807, 2.05) is 0 Å². The van der Waals surface area contributed by atoms with Crippen molar-refractivity contribution < 1.29 is 17.6 Å². The van der Waals surface area contributed by atoms with Crippen molar-refractivity contribution in [3.8, 4) is 0 Å². The SMILES string of the molecule is O=C(NCC(c1ccco1)S(=O)(=O)c1ccccc1)NC1CCCCC1. The molecule has 2 amide bonds. The van der Waals surface area contributed by atoms with Gasteiger partial charge in [0, 0.05) is 12.6 Å². The first-order chi connectivity index (χ1) is 12.6. The van der Waals surface area contributed by atoms with E-state index in [1.54, 1.807) is 42.5 Å². The second-order valence-electron chi connectivity index (χ2n) is 6.55. The second-order valence-corrected chi connectivity index (χ2v) is 8.68. The highest BCUT2D eigenvalue weighted by molar-refractivity contribution is 7.91. The molecule has 3 rings (SSSR count). The van der Waals surface area contributed by atoms with Gasteiger partial charge in [-0.2, -0.15) is 0 Å². The molecule has 7 heteroatoms. The van der Waals surface area contributed by atoms with Crippen LogP contribution in [0.2, 0.25) is 0 Å². The largest absolute Gasteiger partial charge is 0.468 e. The van der Waals surface area contributed by atoms with Gasteiger partial charge in [0.2, 0.25) is 0 Å². The Bertz CT molecular complexity index is 797. The number of carbonyl (C=O) groups excluding carboxylic acids is 1. The van der Waals surface area contributed by atoms with Crippen molar-refractivity contribution in [1.29, 1.82) is 0 Å². The Hall–Kier alpha value is -2.28. The van der Waals surface area contributed by atoms with Crippen LogP contribution in [0.3, 0.4) is 0 Å². The molecule has 1 fully saturated rings. The molecule has 0 aliphatic heterocycles. The fourth-order valence-electron chi connectivity index (χ4n) is 3.28. The number of sulfone groups is 1. The summed E-state index contributed by atoms with van der Waals surface area (Å²) in [6.07, 6.45) is 6.81. The molecule has 0 saturated heterocycles. The maximum atomic E-state index is 13.0. The fourth-order valence-corrected chi connectivity index (χ4v) is 4.89. The molecular formula is C19H24N2O4S. The van der Waals surface area contributed by atoms with Crippen molar-refractivity contribution >= 4 is 15.9 Å². The van der Waals surface area contributed by atoms with Crippen LogP contribution in [0.1, 0.15) is 43.1 Å². The Morgan fingerprint density at radius 2 is 1.81 bits per heavy atom. The Kier molecular flexibility index (Phi) is 5.98. The summed E-state index contributed by atoms with van der Waals surface area (Å²) in [6, 6.07) is 11.3. The minimum absolute atomic E-state index is 0.0523. The number of hydrogen-bond donors (Lipinski definition) is 2. The lowest BCUT2D eigenvalue weighted by Gasteiger charge is -2.23. The lowest BCUT2D eigenvalue weighted by atomic mass is 9.96. The standard InChI is InChI=1S/C19H24N2O4S/c22-19(21-15-8-3-1-4-9-15)20-14-18(17-12-7-13-25-17)26(23,24)16-10-5-2-6-11-16/h2,5-7,10-13,15,18H,1,3-4,8-9,14H2,(H2,20,21,22). The molecule has 1 atom stereocenters. The van der Waals surface area contributed by atoms with Crippen LogP contribution in [0.4, 0.5) is 4.79 Å². The Balaban J connectivity index is 1.70. The molecule has 0 radical (unpaired) electrons. The molecule has 1 aliphatic carbocycles. The third kappa shape index (κ3) is 4.46. The molecule has 26 heavy (non-hydrogen) atoms.